The van der Waals surface area contributed by atoms with E-state index >= 15 is 0 Å². The minimum absolute atomic E-state index is 0.0763. The summed E-state index contributed by atoms with van der Waals surface area (Å²) in [5.74, 6) is -1.86. The fraction of sp³-hybridized carbons (Fsp3) is 0.238. The molecule has 10 heteroatoms. The quantitative estimate of drug-likeness (QED) is 0.444. The molecule has 2 unspecified atom stereocenters. The third-order valence-electron chi connectivity index (χ3n) is 5.33. The van der Waals surface area contributed by atoms with Crippen LogP contribution in [0.2, 0.25) is 5.02 Å². The molecule has 2 aromatic carbocycles. The number of carboxylic acids is 1. The molecule has 1 aromatic heterocycles. The maximum absolute atomic E-state index is 13.0. The van der Waals surface area contributed by atoms with Crippen LogP contribution in [-0.4, -0.2) is 28.1 Å². The summed E-state index contributed by atoms with van der Waals surface area (Å²) in [4.78, 5) is 27.4. The van der Waals surface area contributed by atoms with E-state index in [1.165, 1.54) is 6.07 Å². The van der Waals surface area contributed by atoms with Gasteiger partial charge in [0.15, 0.2) is 0 Å². The Labute approximate surface area is 179 Å². The second-order valence-corrected chi connectivity index (χ2v) is 7.79. The highest BCUT2D eigenvalue weighted by Gasteiger charge is 2.36. The van der Waals surface area contributed by atoms with Gasteiger partial charge in [0.1, 0.15) is 0 Å². The van der Waals surface area contributed by atoms with Crippen LogP contribution in [0.3, 0.4) is 0 Å². The van der Waals surface area contributed by atoms with Crippen LogP contribution in [0.4, 0.5) is 23.7 Å². The molecular formula is C21H17ClF3N3O3. The van der Waals surface area contributed by atoms with Crippen molar-refractivity contribution in [1.82, 2.24) is 10.3 Å². The van der Waals surface area contributed by atoms with Crippen molar-refractivity contribution in [2.24, 2.45) is 0 Å². The van der Waals surface area contributed by atoms with E-state index in [1.807, 2.05) is 24.3 Å². The van der Waals surface area contributed by atoms with E-state index in [9.17, 15) is 27.9 Å². The molecule has 6 nitrogen and oxygen atoms in total. The zero-order chi connectivity index (χ0) is 22.3. The highest BCUT2D eigenvalue weighted by atomic mass is 35.5. The Hall–Kier alpha value is -3.20. The van der Waals surface area contributed by atoms with E-state index in [-0.39, 0.29) is 12.1 Å². The molecule has 0 spiro atoms. The minimum Gasteiger partial charge on any atom is -0.481 e. The van der Waals surface area contributed by atoms with E-state index in [2.05, 4.69) is 15.6 Å². The number of urea groups is 1. The number of aromatic nitrogens is 1. The first kappa shape index (κ1) is 21.0. The van der Waals surface area contributed by atoms with Gasteiger partial charge in [-0.3, -0.25) is 4.79 Å². The Morgan fingerprint density at radius 1 is 1.16 bits per heavy atom. The van der Waals surface area contributed by atoms with Gasteiger partial charge in [-0.25, -0.2) is 4.79 Å². The number of carbonyl (C=O) groups excluding carboxylic acids is 1. The molecule has 4 rings (SSSR count). The van der Waals surface area contributed by atoms with Crippen LogP contribution in [0.15, 0.2) is 42.5 Å². The van der Waals surface area contributed by atoms with Crippen LogP contribution in [0.25, 0.3) is 10.9 Å². The second-order valence-electron chi connectivity index (χ2n) is 7.38. The minimum atomic E-state index is -4.66. The van der Waals surface area contributed by atoms with E-state index < -0.39 is 40.7 Å². The maximum atomic E-state index is 13.0. The molecule has 3 aromatic rings. The number of aliphatic carboxylic acids is 1. The number of carbonyl (C=O) groups is 2. The normalized spacial score (nSPS) is 18.5. The number of nitrogens with one attached hydrogen (secondary N) is 3. The Morgan fingerprint density at radius 2 is 1.90 bits per heavy atom. The van der Waals surface area contributed by atoms with Crippen LogP contribution < -0.4 is 10.6 Å². The molecule has 1 aliphatic carbocycles. The van der Waals surface area contributed by atoms with Gasteiger partial charge < -0.3 is 20.7 Å². The Bertz CT molecular complexity index is 1180. The number of para-hydroxylation sites is 1. The molecular weight excluding hydrogens is 435 g/mol. The molecule has 0 bridgehead atoms. The molecule has 31 heavy (non-hydrogen) atoms. The topological polar surface area (TPSA) is 94.2 Å². The van der Waals surface area contributed by atoms with Gasteiger partial charge in [0, 0.05) is 28.3 Å². The number of carboxylic acid groups (broad SMARTS) is 1. The third kappa shape index (κ3) is 4.18. The SMILES string of the molecule is O=C(Nc1ccc(Cl)c(C(F)(F)F)c1)NC1Cc2c([nH]c3ccccc23)C(C(=O)O)C1. The molecule has 0 aliphatic heterocycles. The molecule has 4 N–H and O–H groups in total. The number of halogens is 4. The molecule has 162 valence electrons. The van der Waals surface area contributed by atoms with E-state index in [0.717, 1.165) is 28.6 Å². The molecule has 2 amide bonds. The fourth-order valence-corrected chi connectivity index (χ4v) is 4.20. The third-order valence-corrected chi connectivity index (χ3v) is 5.66. The van der Waals surface area contributed by atoms with Crippen molar-refractivity contribution in [2.75, 3.05) is 5.32 Å². The standard InChI is InChI=1S/C21H17ClF3N3O3/c22-16-6-5-10(9-15(16)21(23,24)25)26-20(31)27-11-7-13-12-3-1-2-4-17(12)28-18(13)14(8-11)19(29)30/h1-6,9,11,14,28H,7-8H2,(H,29,30)(H2,26,27,31). The summed E-state index contributed by atoms with van der Waals surface area (Å²) in [7, 11) is 0. The van der Waals surface area contributed by atoms with Crippen molar-refractivity contribution >= 4 is 40.2 Å². The Balaban J connectivity index is 1.54. The average molecular weight is 452 g/mol. The van der Waals surface area contributed by atoms with E-state index in [1.54, 1.807) is 0 Å². The summed E-state index contributed by atoms with van der Waals surface area (Å²) >= 11 is 5.60. The molecule has 0 saturated heterocycles. The Kier molecular flexibility index (Phi) is 5.30. The van der Waals surface area contributed by atoms with Gasteiger partial charge in [0.2, 0.25) is 0 Å². The summed E-state index contributed by atoms with van der Waals surface area (Å²) < 4.78 is 39.1. The number of amides is 2. The number of hydrogen-bond acceptors (Lipinski definition) is 2. The number of hydrogen-bond donors (Lipinski definition) is 4. The van der Waals surface area contributed by atoms with Crippen LogP contribution in [-0.2, 0) is 17.4 Å². The highest BCUT2D eigenvalue weighted by Crippen LogP contribution is 2.37. The summed E-state index contributed by atoms with van der Waals surface area (Å²) in [6, 6.07) is 9.23. The summed E-state index contributed by atoms with van der Waals surface area (Å²) in [6.07, 6.45) is -4.11. The van der Waals surface area contributed by atoms with Gasteiger partial charge in [0.25, 0.3) is 0 Å². The molecule has 0 radical (unpaired) electrons. The van der Waals surface area contributed by atoms with Gasteiger partial charge in [0.05, 0.1) is 16.5 Å². The average Bonchev–Trinajstić information content (AvgIpc) is 3.06. The van der Waals surface area contributed by atoms with Crippen LogP contribution in [0, 0.1) is 0 Å². The summed E-state index contributed by atoms with van der Waals surface area (Å²) in [5, 5.41) is 15.1. The van der Waals surface area contributed by atoms with E-state index in [4.69, 9.17) is 11.6 Å². The van der Waals surface area contributed by atoms with Gasteiger partial charge in [-0.15, -0.1) is 0 Å². The van der Waals surface area contributed by atoms with Crippen LogP contribution in [0.1, 0.15) is 29.2 Å². The largest absolute Gasteiger partial charge is 0.481 e. The van der Waals surface area contributed by atoms with Gasteiger partial charge >= 0.3 is 18.2 Å². The maximum Gasteiger partial charge on any atom is 0.417 e. The predicted molar refractivity (Wildman–Crippen MR) is 109 cm³/mol. The van der Waals surface area contributed by atoms with Crippen molar-refractivity contribution in [2.45, 2.75) is 31.0 Å². The van der Waals surface area contributed by atoms with Crippen molar-refractivity contribution < 1.29 is 27.9 Å². The molecule has 1 aliphatic rings. The number of benzene rings is 2. The zero-order valence-electron chi connectivity index (χ0n) is 15.9. The monoisotopic (exact) mass is 451 g/mol. The van der Waals surface area contributed by atoms with Crippen molar-refractivity contribution in [1.29, 1.82) is 0 Å². The lowest BCUT2D eigenvalue weighted by Gasteiger charge is -2.28. The lowest BCUT2D eigenvalue weighted by molar-refractivity contribution is -0.139. The lowest BCUT2D eigenvalue weighted by Crippen LogP contribution is -2.43. The molecule has 2 atom stereocenters. The Morgan fingerprint density at radius 3 is 2.61 bits per heavy atom. The first-order chi connectivity index (χ1) is 14.6. The highest BCUT2D eigenvalue weighted by molar-refractivity contribution is 6.31. The summed E-state index contributed by atoms with van der Waals surface area (Å²) in [6.45, 7) is 0. The van der Waals surface area contributed by atoms with Gasteiger partial charge in [-0.1, -0.05) is 29.8 Å². The van der Waals surface area contributed by atoms with Crippen molar-refractivity contribution in [3.8, 4) is 0 Å². The van der Waals surface area contributed by atoms with Crippen LogP contribution >= 0.6 is 11.6 Å². The van der Waals surface area contributed by atoms with Crippen molar-refractivity contribution in [3.63, 3.8) is 0 Å². The smallest absolute Gasteiger partial charge is 0.417 e. The number of rotatable bonds is 3. The number of H-pyrrole nitrogens is 1. The second kappa shape index (κ2) is 7.81. The number of anilines is 1. The zero-order valence-corrected chi connectivity index (χ0v) is 16.6. The van der Waals surface area contributed by atoms with Gasteiger partial charge in [-0.05, 0) is 42.7 Å². The first-order valence-electron chi connectivity index (χ1n) is 9.40. The molecule has 0 saturated carbocycles. The lowest BCUT2D eigenvalue weighted by atomic mass is 9.83. The van der Waals surface area contributed by atoms with Gasteiger partial charge in [-0.2, -0.15) is 13.2 Å². The fourth-order valence-electron chi connectivity index (χ4n) is 3.98. The van der Waals surface area contributed by atoms with E-state index in [0.29, 0.717) is 12.1 Å². The number of fused-ring (bicyclic) bond motifs is 3. The summed E-state index contributed by atoms with van der Waals surface area (Å²) in [5.41, 5.74) is 1.10. The predicted octanol–water partition coefficient (Wildman–Crippen LogP) is 5.14. The van der Waals surface area contributed by atoms with Crippen molar-refractivity contribution in [3.05, 3.63) is 64.3 Å². The number of aromatic amines is 1. The number of alkyl halides is 3. The molecule has 1 heterocycles. The first-order valence-corrected chi connectivity index (χ1v) is 9.78. The molecule has 0 fully saturated rings. The van der Waals surface area contributed by atoms with Crippen LogP contribution in [0.5, 0.6) is 0 Å².